The highest BCUT2D eigenvalue weighted by atomic mass is 35.5. The SMILES string of the molecule is Cc1nc(C(=O)Nc2c(Cl)cccc2Cl)co1. The van der Waals surface area contributed by atoms with Gasteiger partial charge in [-0.15, -0.1) is 0 Å². The standard InChI is InChI=1S/C11H8Cl2N2O2/c1-6-14-9(5-17-6)11(16)15-10-7(12)3-2-4-8(10)13/h2-5H,1H3,(H,15,16). The van der Waals surface area contributed by atoms with Crippen molar-refractivity contribution in [2.45, 2.75) is 6.92 Å². The van der Waals surface area contributed by atoms with Crippen molar-refractivity contribution >= 4 is 34.8 Å². The third-order valence-electron chi connectivity index (χ3n) is 2.05. The minimum absolute atomic E-state index is 0.179. The molecular weight excluding hydrogens is 263 g/mol. The number of carbonyl (C=O) groups excluding carboxylic acids is 1. The first-order valence-electron chi connectivity index (χ1n) is 4.75. The van der Waals surface area contributed by atoms with Gasteiger partial charge in [-0.3, -0.25) is 4.79 Å². The molecule has 0 fully saturated rings. The van der Waals surface area contributed by atoms with Crippen LogP contribution in [-0.4, -0.2) is 10.9 Å². The number of aryl methyl sites for hydroxylation is 1. The molecule has 0 atom stereocenters. The number of para-hydroxylation sites is 1. The summed E-state index contributed by atoms with van der Waals surface area (Å²) in [6.07, 6.45) is 1.27. The Bertz CT molecular complexity index is 546. The second kappa shape index (κ2) is 4.77. The smallest absolute Gasteiger partial charge is 0.277 e. The van der Waals surface area contributed by atoms with Gasteiger partial charge in [-0.25, -0.2) is 4.98 Å². The van der Waals surface area contributed by atoms with E-state index in [4.69, 9.17) is 27.6 Å². The molecule has 4 nitrogen and oxygen atoms in total. The summed E-state index contributed by atoms with van der Waals surface area (Å²) in [6, 6.07) is 4.97. The molecule has 0 saturated heterocycles. The Labute approximate surface area is 108 Å². The number of anilines is 1. The van der Waals surface area contributed by atoms with E-state index < -0.39 is 5.91 Å². The topological polar surface area (TPSA) is 55.1 Å². The maximum Gasteiger partial charge on any atom is 0.277 e. The number of halogens is 2. The first kappa shape index (κ1) is 12.0. The number of nitrogens with zero attached hydrogens (tertiary/aromatic N) is 1. The van der Waals surface area contributed by atoms with Crippen molar-refractivity contribution in [3.05, 3.63) is 46.1 Å². The third kappa shape index (κ3) is 2.60. The number of hydrogen-bond donors (Lipinski definition) is 1. The first-order chi connectivity index (χ1) is 8.08. The fourth-order valence-electron chi connectivity index (χ4n) is 1.26. The molecule has 0 aliphatic rings. The zero-order valence-electron chi connectivity index (χ0n) is 8.83. The van der Waals surface area contributed by atoms with Crippen LogP contribution < -0.4 is 5.32 Å². The predicted molar refractivity (Wildman–Crippen MR) is 65.7 cm³/mol. The Hall–Kier alpha value is -1.52. The molecule has 1 aromatic heterocycles. The van der Waals surface area contributed by atoms with Crippen molar-refractivity contribution in [2.75, 3.05) is 5.32 Å². The van der Waals surface area contributed by atoms with Crippen LogP contribution in [0.15, 0.2) is 28.9 Å². The van der Waals surface area contributed by atoms with Gasteiger partial charge in [0.1, 0.15) is 6.26 Å². The lowest BCUT2D eigenvalue weighted by atomic mass is 10.3. The molecule has 0 aliphatic heterocycles. The van der Waals surface area contributed by atoms with Gasteiger partial charge in [0, 0.05) is 6.92 Å². The Balaban J connectivity index is 2.24. The molecule has 1 aromatic carbocycles. The molecule has 17 heavy (non-hydrogen) atoms. The van der Waals surface area contributed by atoms with Crippen LogP contribution >= 0.6 is 23.2 Å². The maximum absolute atomic E-state index is 11.8. The zero-order valence-corrected chi connectivity index (χ0v) is 10.3. The fraction of sp³-hybridized carbons (Fsp3) is 0.0909. The van der Waals surface area contributed by atoms with E-state index in [9.17, 15) is 4.79 Å². The minimum Gasteiger partial charge on any atom is -0.448 e. The van der Waals surface area contributed by atoms with Gasteiger partial charge in [0.05, 0.1) is 15.7 Å². The van der Waals surface area contributed by atoms with E-state index in [1.807, 2.05) is 0 Å². The van der Waals surface area contributed by atoms with Crippen molar-refractivity contribution in [2.24, 2.45) is 0 Å². The molecule has 0 radical (unpaired) electrons. The van der Waals surface area contributed by atoms with Gasteiger partial charge < -0.3 is 9.73 Å². The molecule has 1 N–H and O–H groups in total. The summed E-state index contributed by atoms with van der Waals surface area (Å²) in [5.41, 5.74) is 0.542. The van der Waals surface area contributed by atoms with Gasteiger partial charge in [0.25, 0.3) is 5.91 Å². The highest BCUT2D eigenvalue weighted by Gasteiger charge is 2.14. The molecule has 1 amide bonds. The van der Waals surface area contributed by atoms with E-state index >= 15 is 0 Å². The lowest BCUT2D eigenvalue weighted by Gasteiger charge is -2.07. The highest BCUT2D eigenvalue weighted by Crippen LogP contribution is 2.30. The van der Waals surface area contributed by atoms with E-state index in [1.54, 1.807) is 25.1 Å². The maximum atomic E-state index is 11.8. The quantitative estimate of drug-likeness (QED) is 0.908. The Morgan fingerprint density at radius 2 is 2.00 bits per heavy atom. The molecule has 2 aromatic rings. The van der Waals surface area contributed by atoms with Gasteiger partial charge in [-0.2, -0.15) is 0 Å². The molecule has 0 bridgehead atoms. The van der Waals surface area contributed by atoms with E-state index in [1.165, 1.54) is 6.26 Å². The third-order valence-corrected chi connectivity index (χ3v) is 2.68. The van der Waals surface area contributed by atoms with Crippen LogP contribution in [0.5, 0.6) is 0 Å². The zero-order chi connectivity index (χ0) is 12.4. The Morgan fingerprint density at radius 1 is 1.35 bits per heavy atom. The first-order valence-corrected chi connectivity index (χ1v) is 5.51. The largest absolute Gasteiger partial charge is 0.448 e. The number of aromatic nitrogens is 1. The molecule has 2 rings (SSSR count). The summed E-state index contributed by atoms with van der Waals surface area (Å²) in [5.74, 6) is -0.00254. The van der Waals surface area contributed by atoms with Crippen molar-refractivity contribution in [1.82, 2.24) is 4.98 Å². The highest BCUT2D eigenvalue weighted by molar-refractivity contribution is 6.39. The van der Waals surface area contributed by atoms with E-state index in [0.717, 1.165) is 0 Å². The lowest BCUT2D eigenvalue weighted by molar-refractivity contribution is 0.102. The summed E-state index contributed by atoms with van der Waals surface area (Å²) in [4.78, 5) is 15.7. The molecular formula is C11H8Cl2N2O2. The lowest BCUT2D eigenvalue weighted by Crippen LogP contribution is -2.13. The number of hydrogen-bond acceptors (Lipinski definition) is 3. The average molecular weight is 271 g/mol. The number of benzene rings is 1. The predicted octanol–water partition coefficient (Wildman–Crippen LogP) is 3.54. The van der Waals surface area contributed by atoms with Crippen LogP contribution in [0.2, 0.25) is 10.0 Å². The number of oxazole rings is 1. The molecule has 1 heterocycles. The summed E-state index contributed by atoms with van der Waals surface area (Å²) in [5, 5.41) is 3.32. The van der Waals surface area contributed by atoms with Gasteiger partial charge in [-0.1, -0.05) is 29.3 Å². The second-order valence-electron chi connectivity index (χ2n) is 3.30. The summed E-state index contributed by atoms with van der Waals surface area (Å²) < 4.78 is 4.95. The van der Waals surface area contributed by atoms with Gasteiger partial charge in [-0.05, 0) is 12.1 Å². The van der Waals surface area contributed by atoms with Gasteiger partial charge in [0.2, 0.25) is 0 Å². The van der Waals surface area contributed by atoms with Crippen LogP contribution in [0.25, 0.3) is 0 Å². The molecule has 0 saturated carbocycles. The summed E-state index contributed by atoms with van der Waals surface area (Å²) >= 11 is 11.8. The number of nitrogens with one attached hydrogen (secondary N) is 1. The number of carbonyl (C=O) groups is 1. The second-order valence-corrected chi connectivity index (χ2v) is 4.12. The monoisotopic (exact) mass is 270 g/mol. The molecule has 0 unspecified atom stereocenters. The Morgan fingerprint density at radius 3 is 2.53 bits per heavy atom. The van der Waals surface area contributed by atoms with Crippen molar-refractivity contribution in [3.8, 4) is 0 Å². The molecule has 6 heteroatoms. The number of rotatable bonds is 2. The van der Waals surface area contributed by atoms with Crippen LogP contribution in [0.1, 0.15) is 16.4 Å². The molecule has 0 aliphatic carbocycles. The van der Waals surface area contributed by atoms with Crippen LogP contribution in [0, 0.1) is 6.92 Å². The van der Waals surface area contributed by atoms with Gasteiger partial charge >= 0.3 is 0 Å². The van der Waals surface area contributed by atoms with E-state index in [2.05, 4.69) is 10.3 Å². The summed E-state index contributed by atoms with van der Waals surface area (Å²) in [6.45, 7) is 1.65. The average Bonchev–Trinajstić information content (AvgIpc) is 2.70. The van der Waals surface area contributed by atoms with E-state index in [0.29, 0.717) is 21.6 Å². The summed E-state index contributed by atoms with van der Waals surface area (Å²) in [7, 11) is 0. The van der Waals surface area contributed by atoms with Crippen LogP contribution in [-0.2, 0) is 0 Å². The van der Waals surface area contributed by atoms with Crippen LogP contribution in [0.4, 0.5) is 5.69 Å². The van der Waals surface area contributed by atoms with Gasteiger partial charge in [0.15, 0.2) is 11.6 Å². The molecule has 88 valence electrons. The van der Waals surface area contributed by atoms with Crippen molar-refractivity contribution < 1.29 is 9.21 Å². The Kier molecular flexibility index (Phi) is 3.36. The van der Waals surface area contributed by atoms with E-state index in [-0.39, 0.29) is 5.69 Å². The van der Waals surface area contributed by atoms with Crippen LogP contribution in [0.3, 0.4) is 0 Å². The van der Waals surface area contributed by atoms with Crippen molar-refractivity contribution in [1.29, 1.82) is 0 Å². The number of amides is 1. The normalized spacial score (nSPS) is 10.3. The van der Waals surface area contributed by atoms with Crippen molar-refractivity contribution in [3.63, 3.8) is 0 Å². The molecule has 0 spiro atoms. The fourth-order valence-corrected chi connectivity index (χ4v) is 1.75. The minimum atomic E-state index is -0.420.